The third-order valence-corrected chi connectivity index (χ3v) is 7.57. The molecule has 0 saturated heterocycles. The Morgan fingerprint density at radius 2 is 1.92 bits per heavy atom. The fourth-order valence-electron chi connectivity index (χ4n) is 4.97. The highest BCUT2D eigenvalue weighted by atomic mass is 32.1. The molecule has 2 aliphatic rings. The number of fused-ring (bicyclic) bond motifs is 3. The number of nitrogens with zero attached hydrogens (tertiary/aromatic N) is 2. The maximum atomic E-state index is 13.8. The number of thiazole rings is 1. The Hall–Kier alpha value is -4.03. The number of benzene rings is 3. The predicted octanol–water partition coefficient (Wildman–Crippen LogP) is 5.02. The molecule has 4 aromatic rings. The second kappa shape index (κ2) is 9.21. The maximum Gasteiger partial charge on any atom is 0.271 e. The van der Waals surface area contributed by atoms with Gasteiger partial charge in [-0.2, -0.15) is 0 Å². The van der Waals surface area contributed by atoms with Gasteiger partial charge in [-0.25, -0.2) is 9.38 Å². The monoisotopic (exact) mass is 494 g/mol. The average molecular weight is 495 g/mol. The van der Waals surface area contributed by atoms with Gasteiger partial charge in [-0.1, -0.05) is 72.5 Å². The minimum Gasteiger partial charge on any atom is -0.490 e. The third-order valence-electron chi connectivity index (χ3n) is 6.58. The van der Waals surface area contributed by atoms with Crippen LogP contribution in [-0.4, -0.2) is 11.2 Å². The summed E-state index contributed by atoms with van der Waals surface area (Å²) in [4.78, 5) is 19.4. The molecule has 0 bridgehead atoms. The van der Waals surface area contributed by atoms with E-state index in [2.05, 4.69) is 18.7 Å². The topological polar surface area (TPSA) is 43.6 Å². The molecule has 1 aromatic heterocycles. The molecule has 178 valence electrons. The number of hydrogen-bond donors (Lipinski definition) is 0. The Morgan fingerprint density at radius 1 is 1.08 bits per heavy atom. The quantitative estimate of drug-likeness (QED) is 0.366. The number of rotatable bonds is 5. The molecular weight excluding hydrogens is 471 g/mol. The molecule has 0 saturated carbocycles. The summed E-state index contributed by atoms with van der Waals surface area (Å²) in [7, 11) is 0. The molecule has 0 N–H and O–H groups in total. The van der Waals surface area contributed by atoms with Crippen molar-refractivity contribution in [2.24, 2.45) is 4.99 Å². The number of ether oxygens (including phenoxy) is 1. The van der Waals surface area contributed by atoms with Crippen LogP contribution in [0.1, 0.15) is 34.7 Å². The number of allylic oxidation sites excluding steroid dienone is 1. The van der Waals surface area contributed by atoms with Crippen molar-refractivity contribution in [1.29, 1.82) is 0 Å². The lowest BCUT2D eigenvalue weighted by atomic mass is 9.83. The summed E-state index contributed by atoms with van der Waals surface area (Å²) in [5.74, 6) is 0.417. The summed E-state index contributed by atoms with van der Waals surface area (Å²) in [5, 5.41) is 0. The highest BCUT2D eigenvalue weighted by Gasteiger charge is 2.32. The van der Waals surface area contributed by atoms with Crippen molar-refractivity contribution in [2.45, 2.75) is 18.9 Å². The highest BCUT2D eigenvalue weighted by molar-refractivity contribution is 7.07. The van der Waals surface area contributed by atoms with Crippen molar-refractivity contribution in [3.8, 4) is 5.75 Å². The Kier molecular flexibility index (Phi) is 5.74. The van der Waals surface area contributed by atoms with Crippen molar-refractivity contribution in [1.82, 2.24) is 4.57 Å². The van der Waals surface area contributed by atoms with E-state index in [-0.39, 0.29) is 17.4 Å². The summed E-state index contributed by atoms with van der Waals surface area (Å²) in [5.41, 5.74) is 6.04. The molecule has 0 spiro atoms. The van der Waals surface area contributed by atoms with Crippen LogP contribution in [0.25, 0.3) is 11.8 Å². The van der Waals surface area contributed by atoms with E-state index in [4.69, 9.17) is 9.73 Å². The van der Waals surface area contributed by atoms with Crippen LogP contribution >= 0.6 is 11.3 Å². The van der Waals surface area contributed by atoms with Gasteiger partial charge >= 0.3 is 0 Å². The first-order chi connectivity index (χ1) is 17.6. The lowest BCUT2D eigenvalue weighted by Crippen LogP contribution is -2.38. The molecule has 6 rings (SSSR count). The molecule has 1 aliphatic carbocycles. The van der Waals surface area contributed by atoms with Gasteiger partial charge in [0.1, 0.15) is 18.2 Å². The van der Waals surface area contributed by atoms with Gasteiger partial charge in [0.25, 0.3) is 5.56 Å². The van der Waals surface area contributed by atoms with Gasteiger partial charge in [-0.3, -0.25) is 9.36 Å². The SMILES string of the molecule is C=CCOc1cccc(/C=c2/sc3n(c2=O)[C@@H](c2ccc(F)cc2)C2=C(N=3)c3ccccc3CC2)c1. The van der Waals surface area contributed by atoms with Crippen LogP contribution < -0.4 is 19.6 Å². The molecule has 1 aliphatic heterocycles. The molecule has 3 aromatic carbocycles. The standard InChI is InChI=1S/C30H23FN2O2S/c1-2-16-35-23-8-5-6-19(17-23)18-26-29(34)33-28(21-10-13-22(31)14-11-21)25-15-12-20-7-3-4-9-24(20)27(25)32-30(33)36-26/h2-11,13-14,17-18,28H,1,12,15-16H2/b26-18+/t28-/m0/s1. The van der Waals surface area contributed by atoms with E-state index in [1.165, 1.54) is 29.0 Å². The van der Waals surface area contributed by atoms with Crippen LogP contribution in [0, 0.1) is 5.82 Å². The largest absolute Gasteiger partial charge is 0.490 e. The Balaban J connectivity index is 1.55. The van der Waals surface area contributed by atoms with Crippen LogP contribution in [0.3, 0.4) is 0 Å². The minimum absolute atomic E-state index is 0.101. The fraction of sp³-hybridized carbons (Fsp3) is 0.133. The Morgan fingerprint density at radius 3 is 2.75 bits per heavy atom. The van der Waals surface area contributed by atoms with Gasteiger partial charge in [-0.05, 0) is 65.4 Å². The van der Waals surface area contributed by atoms with Crippen LogP contribution in [0.2, 0.25) is 0 Å². The number of aromatic nitrogens is 1. The summed E-state index contributed by atoms with van der Waals surface area (Å²) >= 11 is 1.38. The van der Waals surface area contributed by atoms with E-state index in [9.17, 15) is 9.18 Å². The van der Waals surface area contributed by atoms with Gasteiger partial charge in [0, 0.05) is 5.56 Å². The van der Waals surface area contributed by atoms with Crippen molar-refractivity contribution in [2.75, 3.05) is 6.61 Å². The average Bonchev–Trinajstić information content (AvgIpc) is 3.21. The molecule has 0 fully saturated rings. The first-order valence-electron chi connectivity index (χ1n) is 11.8. The van der Waals surface area contributed by atoms with Crippen LogP contribution in [0.5, 0.6) is 5.75 Å². The third kappa shape index (κ3) is 3.93. The Labute approximate surface area is 211 Å². The molecule has 6 heteroatoms. The molecule has 0 radical (unpaired) electrons. The molecule has 0 unspecified atom stereocenters. The zero-order chi connectivity index (χ0) is 24.6. The van der Waals surface area contributed by atoms with Gasteiger partial charge in [0.05, 0.1) is 16.3 Å². The summed E-state index contributed by atoms with van der Waals surface area (Å²) in [6.07, 6.45) is 5.25. The normalized spacial score (nSPS) is 16.6. The van der Waals surface area contributed by atoms with E-state index in [0.717, 1.165) is 40.8 Å². The van der Waals surface area contributed by atoms with E-state index >= 15 is 0 Å². The van der Waals surface area contributed by atoms with Gasteiger partial charge < -0.3 is 4.74 Å². The zero-order valence-corrected chi connectivity index (χ0v) is 20.3. The lowest BCUT2D eigenvalue weighted by molar-refractivity contribution is 0.363. The molecule has 1 atom stereocenters. The van der Waals surface area contributed by atoms with E-state index in [1.807, 2.05) is 42.5 Å². The smallest absolute Gasteiger partial charge is 0.271 e. The fourth-order valence-corrected chi connectivity index (χ4v) is 5.97. The van der Waals surface area contributed by atoms with Crippen molar-refractivity contribution < 1.29 is 9.13 Å². The summed E-state index contributed by atoms with van der Waals surface area (Å²) in [6, 6.07) is 22.1. The van der Waals surface area contributed by atoms with Crippen molar-refractivity contribution in [3.05, 3.63) is 139 Å². The van der Waals surface area contributed by atoms with Crippen LogP contribution in [0.4, 0.5) is 4.39 Å². The van der Waals surface area contributed by atoms with E-state index in [0.29, 0.717) is 21.7 Å². The summed E-state index contributed by atoms with van der Waals surface area (Å²) < 4.78 is 21.8. The van der Waals surface area contributed by atoms with Crippen LogP contribution in [0.15, 0.2) is 101 Å². The van der Waals surface area contributed by atoms with E-state index in [1.54, 1.807) is 22.8 Å². The zero-order valence-electron chi connectivity index (χ0n) is 19.5. The van der Waals surface area contributed by atoms with Crippen molar-refractivity contribution in [3.63, 3.8) is 0 Å². The molecular formula is C30H23FN2O2S. The minimum atomic E-state index is -0.324. The first-order valence-corrected chi connectivity index (χ1v) is 12.7. The van der Waals surface area contributed by atoms with Gasteiger partial charge in [-0.15, -0.1) is 0 Å². The maximum absolute atomic E-state index is 13.8. The predicted molar refractivity (Wildman–Crippen MR) is 141 cm³/mol. The second-order valence-corrected chi connectivity index (χ2v) is 9.85. The van der Waals surface area contributed by atoms with Gasteiger partial charge in [0.15, 0.2) is 4.80 Å². The van der Waals surface area contributed by atoms with Crippen LogP contribution in [-0.2, 0) is 6.42 Å². The number of aryl methyl sites for hydroxylation is 1. The molecule has 4 nitrogen and oxygen atoms in total. The lowest BCUT2D eigenvalue weighted by Gasteiger charge is -2.30. The van der Waals surface area contributed by atoms with Gasteiger partial charge in [0.2, 0.25) is 0 Å². The molecule has 36 heavy (non-hydrogen) atoms. The Bertz CT molecular complexity index is 1700. The molecule has 0 amide bonds. The first kappa shape index (κ1) is 22.4. The number of halogens is 1. The number of hydrogen-bond acceptors (Lipinski definition) is 4. The highest BCUT2D eigenvalue weighted by Crippen LogP contribution is 2.41. The molecule has 2 heterocycles. The van der Waals surface area contributed by atoms with Crippen molar-refractivity contribution >= 4 is 23.1 Å². The van der Waals surface area contributed by atoms with E-state index < -0.39 is 0 Å². The second-order valence-electron chi connectivity index (χ2n) is 8.84. The summed E-state index contributed by atoms with van der Waals surface area (Å²) in [6.45, 7) is 4.10.